The molecular formula is C21H22F3N3O4. The zero-order valence-electron chi connectivity index (χ0n) is 17.2. The summed E-state index contributed by atoms with van der Waals surface area (Å²) >= 11 is 0. The smallest absolute Gasteiger partial charge is 0.194 e. The van der Waals surface area contributed by atoms with Crippen LogP contribution in [-0.2, 0) is 18.9 Å². The average Bonchev–Trinajstić information content (AvgIpc) is 3.20. The normalized spacial score (nSPS) is 29.8. The van der Waals surface area contributed by atoms with Crippen molar-refractivity contribution in [3.05, 3.63) is 54.2 Å². The summed E-state index contributed by atoms with van der Waals surface area (Å²) in [6.07, 6.45) is 1.12. The number of nitrogens with zero attached hydrogens (tertiary/aromatic N) is 3. The van der Waals surface area contributed by atoms with Gasteiger partial charge in [0.05, 0.1) is 12.8 Å². The van der Waals surface area contributed by atoms with Crippen LogP contribution in [0.25, 0.3) is 11.3 Å². The molecule has 2 aliphatic rings. The Kier molecular flexibility index (Phi) is 5.76. The highest BCUT2D eigenvalue weighted by Gasteiger charge is 2.52. The molecule has 0 radical (unpaired) electrons. The van der Waals surface area contributed by atoms with Gasteiger partial charge in [-0.2, -0.15) is 0 Å². The van der Waals surface area contributed by atoms with E-state index >= 15 is 0 Å². The number of methoxy groups -OCH3 is 1. The fraction of sp³-hybridized carbons (Fsp3) is 0.476. The first-order chi connectivity index (χ1) is 14.7. The van der Waals surface area contributed by atoms with Gasteiger partial charge in [-0.25, -0.2) is 17.9 Å². The number of hydrogen-bond acceptors (Lipinski definition) is 6. The van der Waals surface area contributed by atoms with E-state index in [1.165, 1.54) is 18.0 Å². The van der Waals surface area contributed by atoms with Gasteiger partial charge in [0.2, 0.25) is 0 Å². The van der Waals surface area contributed by atoms with Gasteiger partial charge in [0.25, 0.3) is 0 Å². The average molecular weight is 437 g/mol. The lowest BCUT2D eigenvalue weighted by molar-refractivity contribution is -0.345. The molecule has 5 atom stereocenters. The van der Waals surface area contributed by atoms with E-state index in [-0.39, 0.29) is 17.9 Å². The van der Waals surface area contributed by atoms with Crippen molar-refractivity contribution in [2.45, 2.75) is 50.1 Å². The third-order valence-corrected chi connectivity index (χ3v) is 5.36. The van der Waals surface area contributed by atoms with Crippen molar-refractivity contribution in [3.63, 3.8) is 0 Å². The van der Waals surface area contributed by atoms with Gasteiger partial charge in [0.15, 0.2) is 23.2 Å². The molecule has 0 N–H and O–H groups in total. The third kappa shape index (κ3) is 4.05. The summed E-state index contributed by atoms with van der Waals surface area (Å²) in [5, 5.41) is 8.17. The van der Waals surface area contributed by atoms with Crippen LogP contribution < -0.4 is 0 Å². The summed E-state index contributed by atoms with van der Waals surface area (Å²) in [5.74, 6) is -5.03. The van der Waals surface area contributed by atoms with Crippen LogP contribution in [0.4, 0.5) is 13.2 Å². The lowest BCUT2D eigenvalue weighted by atomic mass is 9.91. The molecule has 2 saturated heterocycles. The van der Waals surface area contributed by atoms with Crippen LogP contribution in [0.1, 0.15) is 19.9 Å². The summed E-state index contributed by atoms with van der Waals surface area (Å²) in [5.41, 5.74) is 2.93. The Bertz CT molecular complexity index is 998. The van der Waals surface area contributed by atoms with Crippen molar-refractivity contribution < 1.29 is 32.1 Å². The maximum atomic E-state index is 13.7. The lowest BCUT2D eigenvalue weighted by Crippen LogP contribution is -2.62. The molecule has 7 nitrogen and oxygen atoms in total. The topological polar surface area (TPSA) is 67.6 Å². The second kappa shape index (κ2) is 8.22. The first kappa shape index (κ1) is 21.7. The van der Waals surface area contributed by atoms with Crippen LogP contribution in [0.5, 0.6) is 0 Å². The van der Waals surface area contributed by atoms with Gasteiger partial charge in [-0.05, 0) is 32.1 Å². The molecule has 166 valence electrons. The molecule has 4 rings (SSSR count). The van der Waals surface area contributed by atoms with E-state index in [0.29, 0.717) is 0 Å². The standard InChI is InChI=1S/C21H22F3N3O4/c1-5-6-15-19(28-4)18(20-16(30-15)10-29-21(2,3)31-20)27-9-14(25-26-27)11-7-12(22)17(24)13(23)8-11/h6-9,15-16,18-20H,1,10H2,2-4H3/t15-,16-,18?,19+,20+/m1/s1. The van der Waals surface area contributed by atoms with E-state index in [9.17, 15) is 13.2 Å². The van der Waals surface area contributed by atoms with Crippen LogP contribution in [0.2, 0.25) is 0 Å². The van der Waals surface area contributed by atoms with Gasteiger partial charge in [0.1, 0.15) is 36.2 Å². The molecule has 31 heavy (non-hydrogen) atoms. The minimum absolute atomic E-state index is 0.0518. The summed E-state index contributed by atoms with van der Waals surface area (Å²) in [6, 6.07) is 1.22. The molecular weight excluding hydrogens is 415 g/mol. The zero-order valence-corrected chi connectivity index (χ0v) is 17.2. The predicted octanol–water partition coefficient (Wildman–Crippen LogP) is 3.18. The Morgan fingerprint density at radius 3 is 2.65 bits per heavy atom. The second-order valence-electron chi connectivity index (χ2n) is 7.83. The van der Waals surface area contributed by atoms with Gasteiger partial charge < -0.3 is 18.9 Å². The SMILES string of the molecule is C=C=C[C@H]1O[C@@H]2COC(C)(C)O[C@@H]2C(n2cc(-c3cc(F)c(F)c(F)c3)nn2)[C@H]1OC. The Labute approximate surface area is 177 Å². The summed E-state index contributed by atoms with van der Waals surface area (Å²) in [6.45, 7) is 7.45. The van der Waals surface area contributed by atoms with Crippen LogP contribution >= 0.6 is 0 Å². The van der Waals surface area contributed by atoms with Gasteiger partial charge >= 0.3 is 0 Å². The van der Waals surface area contributed by atoms with Crippen LogP contribution in [0.15, 0.2) is 36.7 Å². The van der Waals surface area contributed by atoms with Crippen molar-refractivity contribution in [2.24, 2.45) is 0 Å². The molecule has 1 aromatic carbocycles. The quantitative estimate of drug-likeness (QED) is 0.541. The Morgan fingerprint density at radius 1 is 1.29 bits per heavy atom. The fourth-order valence-electron chi connectivity index (χ4n) is 3.97. The molecule has 0 saturated carbocycles. The number of aromatic nitrogens is 3. The Balaban J connectivity index is 1.75. The van der Waals surface area contributed by atoms with E-state index in [0.717, 1.165) is 12.1 Å². The number of halogens is 3. The highest BCUT2D eigenvalue weighted by Crippen LogP contribution is 2.39. The van der Waals surface area contributed by atoms with Crippen molar-refractivity contribution in [3.8, 4) is 11.3 Å². The summed E-state index contributed by atoms with van der Waals surface area (Å²) in [7, 11) is 1.53. The molecule has 10 heteroatoms. The largest absolute Gasteiger partial charge is 0.376 e. The molecule has 2 aromatic rings. The van der Waals surface area contributed by atoms with Crippen molar-refractivity contribution in [1.82, 2.24) is 15.0 Å². The Hall–Kier alpha value is -2.49. The molecule has 3 heterocycles. The second-order valence-corrected chi connectivity index (χ2v) is 7.83. The highest BCUT2D eigenvalue weighted by molar-refractivity contribution is 5.57. The number of rotatable bonds is 4. The summed E-state index contributed by atoms with van der Waals surface area (Å²) < 4.78 is 65.9. The molecule has 0 spiro atoms. The molecule has 2 aliphatic heterocycles. The predicted molar refractivity (Wildman–Crippen MR) is 102 cm³/mol. The highest BCUT2D eigenvalue weighted by atomic mass is 19.2. The van der Waals surface area contributed by atoms with Crippen LogP contribution in [0.3, 0.4) is 0 Å². The molecule has 1 aromatic heterocycles. The molecule has 0 amide bonds. The fourth-order valence-corrected chi connectivity index (χ4v) is 3.97. The van der Waals surface area contributed by atoms with Gasteiger partial charge in [-0.1, -0.05) is 11.8 Å². The first-order valence-electron chi connectivity index (χ1n) is 9.67. The minimum Gasteiger partial charge on any atom is -0.376 e. The van der Waals surface area contributed by atoms with Crippen molar-refractivity contribution in [2.75, 3.05) is 13.7 Å². The maximum absolute atomic E-state index is 13.7. The third-order valence-electron chi connectivity index (χ3n) is 5.36. The van der Waals surface area contributed by atoms with Crippen LogP contribution in [0, 0.1) is 17.5 Å². The number of ether oxygens (including phenoxy) is 4. The summed E-state index contributed by atoms with van der Waals surface area (Å²) in [4.78, 5) is 0. The van der Waals surface area contributed by atoms with Gasteiger partial charge in [-0.15, -0.1) is 10.8 Å². The number of fused-ring (bicyclic) bond motifs is 1. The zero-order chi connectivity index (χ0) is 22.3. The van der Waals surface area contributed by atoms with E-state index in [4.69, 9.17) is 18.9 Å². The number of hydrogen-bond donors (Lipinski definition) is 0. The molecule has 1 unspecified atom stereocenters. The van der Waals surface area contributed by atoms with Crippen molar-refractivity contribution >= 4 is 0 Å². The van der Waals surface area contributed by atoms with E-state index in [1.54, 1.807) is 19.9 Å². The van der Waals surface area contributed by atoms with E-state index < -0.39 is 53.7 Å². The molecule has 0 bridgehead atoms. The first-order valence-corrected chi connectivity index (χ1v) is 9.67. The monoisotopic (exact) mass is 437 g/mol. The Morgan fingerprint density at radius 2 is 2.00 bits per heavy atom. The van der Waals surface area contributed by atoms with Crippen LogP contribution in [-0.4, -0.2) is 58.9 Å². The van der Waals surface area contributed by atoms with Gasteiger partial charge in [0, 0.05) is 12.7 Å². The molecule has 0 aliphatic carbocycles. The lowest BCUT2D eigenvalue weighted by Gasteiger charge is -2.50. The maximum Gasteiger partial charge on any atom is 0.194 e. The molecule has 2 fully saturated rings. The minimum atomic E-state index is -1.54. The van der Waals surface area contributed by atoms with Gasteiger partial charge in [-0.3, -0.25) is 0 Å². The van der Waals surface area contributed by atoms with E-state index in [2.05, 4.69) is 22.6 Å². The van der Waals surface area contributed by atoms with E-state index in [1.807, 2.05) is 0 Å². The van der Waals surface area contributed by atoms with Crippen molar-refractivity contribution in [1.29, 1.82) is 0 Å². The number of benzene rings is 1.